The minimum absolute atomic E-state index is 0.121. The van der Waals surface area contributed by atoms with E-state index >= 15 is 0 Å². The van der Waals surface area contributed by atoms with Gasteiger partial charge in [-0.15, -0.1) is 0 Å². The highest BCUT2D eigenvalue weighted by molar-refractivity contribution is 5.77. The number of aliphatic hydroxyl groups is 1. The van der Waals surface area contributed by atoms with E-state index in [0.29, 0.717) is 12.5 Å². The first-order valence-corrected chi connectivity index (χ1v) is 5.25. The number of carbonyl (C=O) groups is 1. The van der Waals surface area contributed by atoms with Crippen LogP contribution in [0.5, 0.6) is 0 Å². The summed E-state index contributed by atoms with van der Waals surface area (Å²) >= 11 is 0. The number of fused-ring (bicyclic) bond motifs is 1. The summed E-state index contributed by atoms with van der Waals surface area (Å²) in [7, 11) is 0. The van der Waals surface area contributed by atoms with Gasteiger partial charge in [0, 0.05) is 12.5 Å². The van der Waals surface area contributed by atoms with Crippen molar-refractivity contribution in [2.24, 2.45) is 0 Å². The molecule has 2 aliphatic heterocycles. The van der Waals surface area contributed by atoms with Gasteiger partial charge in [-0.2, -0.15) is 0 Å². The fourth-order valence-corrected chi connectivity index (χ4v) is 2.62. The summed E-state index contributed by atoms with van der Waals surface area (Å²) in [6.07, 6.45) is 6.12. The van der Waals surface area contributed by atoms with E-state index in [1.165, 1.54) is 6.42 Å². The smallest absolute Gasteiger partial charge is 0.223 e. The van der Waals surface area contributed by atoms with E-state index in [9.17, 15) is 4.79 Å². The van der Waals surface area contributed by atoms with Gasteiger partial charge in [0.15, 0.2) is 0 Å². The highest BCUT2D eigenvalue weighted by Crippen LogP contribution is 2.30. The zero-order chi connectivity index (χ0) is 9.26. The number of rotatable bonds is 1. The molecule has 2 aliphatic rings. The Hall–Kier alpha value is -0.570. The molecule has 0 aromatic rings. The molecule has 2 heterocycles. The topological polar surface area (TPSA) is 40.5 Å². The fourth-order valence-electron chi connectivity index (χ4n) is 2.62. The van der Waals surface area contributed by atoms with Crippen LogP contribution in [0.2, 0.25) is 0 Å². The van der Waals surface area contributed by atoms with Crippen LogP contribution in [-0.2, 0) is 4.79 Å². The van der Waals surface area contributed by atoms with E-state index in [1.54, 1.807) is 0 Å². The summed E-state index contributed by atoms with van der Waals surface area (Å²) in [5, 5.41) is 9.12. The molecule has 0 spiro atoms. The molecule has 2 saturated heterocycles. The molecule has 0 aromatic carbocycles. The number of hydrogen-bond donors (Lipinski definition) is 1. The molecule has 74 valence electrons. The second kappa shape index (κ2) is 3.66. The molecule has 2 atom stereocenters. The molecule has 1 N–H and O–H groups in total. The number of carbonyl (C=O) groups excluding carboxylic acids is 1. The molecule has 2 fully saturated rings. The first-order chi connectivity index (χ1) is 6.33. The Labute approximate surface area is 78.7 Å². The highest BCUT2D eigenvalue weighted by Gasteiger charge is 2.36. The summed E-state index contributed by atoms with van der Waals surface area (Å²) in [6.45, 7) is 0.141. The Morgan fingerprint density at radius 3 is 2.92 bits per heavy atom. The average Bonchev–Trinajstić information content (AvgIpc) is 2.47. The lowest BCUT2D eigenvalue weighted by Crippen LogP contribution is -2.41. The number of nitrogens with zero attached hydrogens (tertiary/aromatic N) is 1. The van der Waals surface area contributed by atoms with E-state index in [0.717, 1.165) is 25.7 Å². The zero-order valence-corrected chi connectivity index (χ0v) is 7.91. The minimum Gasteiger partial charge on any atom is -0.394 e. The van der Waals surface area contributed by atoms with Crippen molar-refractivity contribution in [1.29, 1.82) is 0 Å². The number of aliphatic hydroxyl groups excluding tert-OH is 1. The van der Waals surface area contributed by atoms with E-state index in [-0.39, 0.29) is 18.6 Å². The van der Waals surface area contributed by atoms with Gasteiger partial charge in [0.25, 0.3) is 0 Å². The van der Waals surface area contributed by atoms with Crippen LogP contribution in [0, 0.1) is 0 Å². The van der Waals surface area contributed by atoms with E-state index < -0.39 is 0 Å². The number of hydrogen-bond acceptors (Lipinski definition) is 2. The van der Waals surface area contributed by atoms with Crippen molar-refractivity contribution < 1.29 is 9.90 Å². The van der Waals surface area contributed by atoms with Gasteiger partial charge in [0.2, 0.25) is 5.91 Å². The number of amides is 1. The van der Waals surface area contributed by atoms with Crippen LogP contribution in [0.3, 0.4) is 0 Å². The van der Waals surface area contributed by atoms with Crippen LogP contribution in [0.15, 0.2) is 0 Å². The van der Waals surface area contributed by atoms with E-state index in [2.05, 4.69) is 0 Å². The second-order valence-corrected chi connectivity index (χ2v) is 4.11. The lowest BCUT2D eigenvalue weighted by molar-refractivity contribution is -0.134. The first kappa shape index (κ1) is 9.00. The lowest BCUT2D eigenvalue weighted by atomic mass is 10.1. The Balaban J connectivity index is 2.12. The van der Waals surface area contributed by atoms with Crippen molar-refractivity contribution >= 4 is 5.91 Å². The van der Waals surface area contributed by atoms with Gasteiger partial charge >= 0.3 is 0 Å². The van der Waals surface area contributed by atoms with Gasteiger partial charge in [0.05, 0.1) is 12.6 Å². The van der Waals surface area contributed by atoms with Crippen LogP contribution in [0.1, 0.15) is 38.5 Å². The molecule has 0 radical (unpaired) electrons. The average molecular weight is 183 g/mol. The third-order valence-electron chi connectivity index (χ3n) is 3.30. The second-order valence-electron chi connectivity index (χ2n) is 4.11. The first-order valence-electron chi connectivity index (χ1n) is 5.25. The minimum atomic E-state index is 0.121. The van der Waals surface area contributed by atoms with Crippen molar-refractivity contribution in [2.75, 3.05) is 6.61 Å². The fraction of sp³-hybridized carbons (Fsp3) is 0.900. The summed E-state index contributed by atoms with van der Waals surface area (Å²) in [4.78, 5) is 13.6. The maximum absolute atomic E-state index is 11.7. The molecule has 2 rings (SSSR count). The summed E-state index contributed by atoms with van der Waals surface area (Å²) in [6, 6.07) is 0.558. The van der Waals surface area contributed by atoms with Crippen molar-refractivity contribution in [3.05, 3.63) is 0 Å². The monoisotopic (exact) mass is 183 g/mol. The van der Waals surface area contributed by atoms with Crippen molar-refractivity contribution in [3.63, 3.8) is 0 Å². The van der Waals surface area contributed by atoms with Gasteiger partial charge in [-0.3, -0.25) is 4.79 Å². The van der Waals surface area contributed by atoms with Crippen LogP contribution in [0.25, 0.3) is 0 Å². The zero-order valence-electron chi connectivity index (χ0n) is 7.91. The van der Waals surface area contributed by atoms with Crippen molar-refractivity contribution in [1.82, 2.24) is 4.90 Å². The standard InChI is InChI=1S/C10H17NO2/c12-7-9-6-5-8-3-1-2-4-10(13)11(8)9/h8-9,12H,1-7H2/t8-,9-/m0/s1. The summed E-state index contributed by atoms with van der Waals surface area (Å²) in [5.74, 6) is 0.263. The van der Waals surface area contributed by atoms with Gasteiger partial charge < -0.3 is 10.0 Å². The molecular weight excluding hydrogens is 166 g/mol. The van der Waals surface area contributed by atoms with Crippen LogP contribution < -0.4 is 0 Å². The summed E-state index contributed by atoms with van der Waals surface area (Å²) < 4.78 is 0. The van der Waals surface area contributed by atoms with Crippen molar-refractivity contribution in [2.45, 2.75) is 50.6 Å². The normalized spacial score (nSPS) is 34.5. The largest absolute Gasteiger partial charge is 0.394 e. The maximum Gasteiger partial charge on any atom is 0.223 e. The molecule has 0 aromatic heterocycles. The molecule has 0 aliphatic carbocycles. The maximum atomic E-state index is 11.7. The molecule has 1 amide bonds. The third kappa shape index (κ3) is 1.57. The van der Waals surface area contributed by atoms with Crippen molar-refractivity contribution in [3.8, 4) is 0 Å². The van der Waals surface area contributed by atoms with Crippen LogP contribution in [0.4, 0.5) is 0 Å². The Morgan fingerprint density at radius 2 is 2.15 bits per heavy atom. The summed E-state index contributed by atoms with van der Waals surface area (Å²) in [5.41, 5.74) is 0. The van der Waals surface area contributed by atoms with Gasteiger partial charge in [-0.25, -0.2) is 0 Å². The van der Waals surface area contributed by atoms with Gasteiger partial charge in [-0.05, 0) is 25.7 Å². The highest BCUT2D eigenvalue weighted by atomic mass is 16.3. The molecule has 0 saturated carbocycles. The van der Waals surface area contributed by atoms with Crippen LogP contribution in [-0.4, -0.2) is 34.6 Å². The third-order valence-corrected chi connectivity index (χ3v) is 3.30. The Bertz CT molecular complexity index is 205. The SMILES string of the molecule is O=C1CCCC[C@H]2CC[C@@H](CO)N12. The molecule has 13 heavy (non-hydrogen) atoms. The van der Waals surface area contributed by atoms with E-state index in [4.69, 9.17) is 5.11 Å². The Kier molecular flexibility index (Phi) is 2.54. The lowest BCUT2D eigenvalue weighted by Gasteiger charge is -2.27. The Morgan fingerprint density at radius 1 is 1.31 bits per heavy atom. The van der Waals surface area contributed by atoms with Gasteiger partial charge in [-0.1, -0.05) is 6.42 Å². The molecule has 0 unspecified atom stereocenters. The molecule has 3 heteroatoms. The molecular formula is C10H17NO2. The molecule has 0 bridgehead atoms. The predicted octanol–water partition coefficient (Wildman–Crippen LogP) is 0.912. The quantitative estimate of drug-likeness (QED) is 0.656. The van der Waals surface area contributed by atoms with E-state index in [1.807, 2.05) is 4.90 Å². The van der Waals surface area contributed by atoms with Crippen LogP contribution >= 0.6 is 0 Å². The molecule has 3 nitrogen and oxygen atoms in total. The van der Waals surface area contributed by atoms with Gasteiger partial charge in [0.1, 0.15) is 0 Å². The predicted molar refractivity (Wildman–Crippen MR) is 49.2 cm³/mol.